The molecule has 3 heterocycles. The van der Waals surface area contributed by atoms with Crippen LogP contribution in [0.2, 0.25) is 0 Å². The predicted molar refractivity (Wildman–Crippen MR) is 113 cm³/mol. The molecule has 33 heavy (non-hydrogen) atoms. The highest BCUT2D eigenvalue weighted by Crippen LogP contribution is 2.31. The van der Waals surface area contributed by atoms with Gasteiger partial charge in [0, 0.05) is 11.6 Å². The average molecular weight is 452 g/mol. The number of carbonyl (C=O) groups is 1. The molecule has 0 atom stereocenters. The lowest BCUT2D eigenvalue weighted by molar-refractivity contribution is -0.149. The zero-order chi connectivity index (χ0) is 23.6. The molecule has 0 unspecified atom stereocenters. The summed E-state index contributed by atoms with van der Waals surface area (Å²) in [6.07, 6.45) is 1.41. The van der Waals surface area contributed by atoms with Gasteiger partial charge in [0.25, 0.3) is 0 Å². The maximum atomic E-state index is 14.2. The van der Waals surface area contributed by atoms with Gasteiger partial charge in [0.15, 0.2) is 0 Å². The van der Waals surface area contributed by atoms with Crippen molar-refractivity contribution in [3.8, 4) is 28.8 Å². The Balaban J connectivity index is 1.73. The molecule has 0 amide bonds. The van der Waals surface area contributed by atoms with Gasteiger partial charge in [-0.2, -0.15) is 10.1 Å². The van der Waals surface area contributed by atoms with Crippen molar-refractivity contribution in [2.45, 2.75) is 32.7 Å². The average Bonchev–Trinajstić information content (AvgIpc) is 3.45. The standard InChI is InChI=1S/C22H21FN6O4/c1-4-32-21(31)22(2,3)18-20(30)24-19(26-25-18)16-11-17(15-9-10-33-28-15)29(27-16)12-13-7-5-6-8-14(13)23/h5-11H,4,12H2,1-3H3,(H,24,26,30). The van der Waals surface area contributed by atoms with Gasteiger partial charge in [-0.15, -0.1) is 10.2 Å². The molecule has 4 aromatic rings. The zero-order valence-electron chi connectivity index (χ0n) is 18.2. The molecule has 0 saturated carbocycles. The van der Waals surface area contributed by atoms with Crippen LogP contribution in [0.5, 0.6) is 5.88 Å². The summed E-state index contributed by atoms with van der Waals surface area (Å²) in [6, 6.07) is 9.62. The normalized spacial score (nSPS) is 11.5. The number of hydrogen-bond donors (Lipinski definition) is 1. The number of carbonyl (C=O) groups excluding carboxylic acids is 1. The molecule has 0 aliphatic rings. The number of aromatic hydroxyl groups is 1. The summed E-state index contributed by atoms with van der Waals surface area (Å²) in [5.74, 6) is -1.38. The Morgan fingerprint density at radius 1 is 1.21 bits per heavy atom. The second-order valence-corrected chi connectivity index (χ2v) is 7.70. The Morgan fingerprint density at radius 3 is 2.67 bits per heavy atom. The minimum atomic E-state index is -1.26. The van der Waals surface area contributed by atoms with E-state index in [2.05, 4.69) is 25.4 Å². The number of halogens is 1. The quantitative estimate of drug-likeness (QED) is 0.420. The molecule has 170 valence electrons. The van der Waals surface area contributed by atoms with Crippen molar-refractivity contribution in [1.29, 1.82) is 0 Å². The summed E-state index contributed by atoms with van der Waals surface area (Å²) in [5.41, 5.74) is 0.419. The third-order valence-corrected chi connectivity index (χ3v) is 5.03. The minimum Gasteiger partial charge on any atom is -0.492 e. The van der Waals surface area contributed by atoms with Crippen molar-refractivity contribution >= 4 is 5.97 Å². The van der Waals surface area contributed by atoms with Crippen molar-refractivity contribution in [3.63, 3.8) is 0 Å². The molecule has 0 aliphatic carbocycles. The van der Waals surface area contributed by atoms with E-state index in [0.717, 1.165) is 0 Å². The Morgan fingerprint density at radius 2 is 2.00 bits per heavy atom. The maximum absolute atomic E-state index is 14.2. The van der Waals surface area contributed by atoms with E-state index < -0.39 is 17.3 Å². The monoisotopic (exact) mass is 452 g/mol. The number of esters is 1. The highest BCUT2D eigenvalue weighted by molar-refractivity contribution is 5.82. The summed E-state index contributed by atoms with van der Waals surface area (Å²) in [6.45, 7) is 5.10. The first-order valence-electron chi connectivity index (χ1n) is 10.1. The van der Waals surface area contributed by atoms with Crippen LogP contribution in [0.25, 0.3) is 22.9 Å². The third kappa shape index (κ3) is 4.29. The molecule has 1 aromatic carbocycles. The highest BCUT2D eigenvalue weighted by atomic mass is 19.1. The lowest BCUT2D eigenvalue weighted by Gasteiger charge is -2.21. The second-order valence-electron chi connectivity index (χ2n) is 7.70. The summed E-state index contributed by atoms with van der Waals surface area (Å²) in [4.78, 5) is 16.4. The van der Waals surface area contributed by atoms with Crippen LogP contribution in [-0.4, -0.2) is 47.8 Å². The van der Waals surface area contributed by atoms with Crippen LogP contribution in [0, 0.1) is 5.82 Å². The second kappa shape index (κ2) is 8.77. The lowest BCUT2D eigenvalue weighted by Crippen LogP contribution is -2.32. The minimum absolute atomic E-state index is 0.0211. The van der Waals surface area contributed by atoms with Gasteiger partial charge in [-0.3, -0.25) is 9.48 Å². The summed E-state index contributed by atoms with van der Waals surface area (Å²) in [5, 5.41) is 27.0. The predicted octanol–water partition coefficient (Wildman–Crippen LogP) is 3.12. The molecule has 0 bridgehead atoms. The van der Waals surface area contributed by atoms with Crippen LogP contribution < -0.4 is 0 Å². The van der Waals surface area contributed by atoms with Crippen LogP contribution in [0.1, 0.15) is 32.0 Å². The van der Waals surface area contributed by atoms with Crippen LogP contribution in [-0.2, 0) is 21.5 Å². The molecule has 3 aromatic heterocycles. The van der Waals surface area contributed by atoms with E-state index in [1.165, 1.54) is 17.0 Å². The SMILES string of the molecule is CCOC(=O)C(C)(C)c1nnc(-c2cc(-c3ccon3)n(Cc3ccccc3F)n2)nc1O. The van der Waals surface area contributed by atoms with E-state index in [0.29, 0.717) is 17.0 Å². The molecule has 0 aliphatic heterocycles. The Bertz CT molecular complexity index is 1290. The fourth-order valence-corrected chi connectivity index (χ4v) is 3.22. The Labute approximate surface area is 188 Å². The lowest BCUT2D eigenvalue weighted by atomic mass is 9.89. The van der Waals surface area contributed by atoms with Crippen LogP contribution in [0.4, 0.5) is 4.39 Å². The van der Waals surface area contributed by atoms with Crippen molar-refractivity contribution in [2.24, 2.45) is 0 Å². The van der Waals surface area contributed by atoms with E-state index in [4.69, 9.17) is 9.26 Å². The highest BCUT2D eigenvalue weighted by Gasteiger charge is 2.37. The molecule has 1 N–H and O–H groups in total. The third-order valence-electron chi connectivity index (χ3n) is 5.03. The van der Waals surface area contributed by atoms with Crippen molar-refractivity contribution in [3.05, 3.63) is 59.7 Å². The van der Waals surface area contributed by atoms with Crippen molar-refractivity contribution in [2.75, 3.05) is 6.61 Å². The van der Waals surface area contributed by atoms with Gasteiger partial charge >= 0.3 is 5.97 Å². The van der Waals surface area contributed by atoms with Gasteiger partial charge in [0.1, 0.15) is 34.6 Å². The summed E-state index contributed by atoms with van der Waals surface area (Å²) >= 11 is 0. The number of rotatable bonds is 7. The molecule has 0 fully saturated rings. The number of hydrogen-bond acceptors (Lipinski definition) is 9. The molecular formula is C22H21FN6O4. The molecule has 0 saturated heterocycles. The van der Waals surface area contributed by atoms with E-state index in [1.54, 1.807) is 51.1 Å². The largest absolute Gasteiger partial charge is 0.492 e. The first-order chi connectivity index (χ1) is 15.8. The van der Waals surface area contributed by atoms with Gasteiger partial charge in [-0.1, -0.05) is 23.4 Å². The fraction of sp³-hybridized carbons (Fsp3) is 0.273. The van der Waals surface area contributed by atoms with E-state index in [-0.39, 0.29) is 36.2 Å². The van der Waals surface area contributed by atoms with Crippen molar-refractivity contribution < 1.29 is 23.6 Å². The maximum Gasteiger partial charge on any atom is 0.317 e. The Kier molecular flexibility index (Phi) is 5.86. The number of ether oxygens (including phenoxy) is 1. The first-order valence-corrected chi connectivity index (χ1v) is 10.1. The first kappa shape index (κ1) is 22.1. The molecule has 4 rings (SSSR count). The summed E-state index contributed by atoms with van der Waals surface area (Å²) in [7, 11) is 0. The van der Waals surface area contributed by atoms with Crippen LogP contribution in [0.15, 0.2) is 47.2 Å². The molecule has 11 heteroatoms. The zero-order valence-corrected chi connectivity index (χ0v) is 18.2. The van der Waals surface area contributed by atoms with E-state index in [9.17, 15) is 14.3 Å². The van der Waals surface area contributed by atoms with Gasteiger partial charge in [0.05, 0.1) is 18.8 Å². The topological polar surface area (TPSA) is 129 Å². The van der Waals surface area contributed by atoms with Gasteiger partial charge < -0.3 is 14.4 Å². The van der Waals surface area contributed by atoms with Gasteiger partial charge in [-0.25, -0.2) is 4.39 Å². The molecule has 0 spiro atoms. The van der Waals surface area contributed by atoms with Gasteiger partial charge in [0.2, 0.25) is 11.7 Å². The molecular weight excluding hydrogens is 431 g/mol. The summed E-state index contributed by atoms with van der Waals surface area (Å²) < 4.78 is 25.7. The molecule has 0 radical (unpaired) electrons. The van der Waals surface area contributed by atoms with Crippen LogP contribution >= 0.6 is 0 Å². The van der Waals surface area contributed by atoms with E-state index >= 15 is 0 Å². The fourth-order valence-electron chi connectivity index (χ4n) is 3.22. The van der Waals surface area contributed by atoms with Gasteiger partial charge in [-0.05, 0) is 32.9 Å². The van der Waals surface area contributed by atoms with Crippen molar-refractivity contribution in [1.82, 2.24) is 30.1 Å². The van der Waals surface area contributed by atoms with Crippen LogP contribution in [0.3, 0.4) is 0 Å². The number of benzene rings is 1. The smallest absolute Gasteiger partial charge is 0.317 e. The van der Waals surface area contributed by atoms with E-state index in [1.807, 2.05) is 0 Å². The number of nitrogens with zero attached hydrogens (tertiary/aromatic N) is 6. The molecule has 10 nitrogen and oxygen atoms in total. The Hall–Kier alpha value is -4.15. The number of aromatic nitrogens is 6.